The van der Waals surface area contributed by atoms with Gasteiger partial charge in [-0.15, -0.1) is 11.3 Å². The molecule has 1 fully saturated rings. The molecule has 17 heteroatoms. The van der Waals surface area contributed by atoms with Crippen LogP contribution in [0.25, 0.3) is 0 Å². The first-order valence-corrected chi connectivity index (χ1v) is 15.8. The second-order valence-corrected chi connectivity index (χ2v) is 12.6. The Morgan fingerprint density at radius 3 is 2.74 bits per heavy atom. The van der Waals surface area contributed by atoms with Crippen molar-refractivity contribution in [1.29, 1.82) is 0 Å². The molecule has 2 unspecified atom stereocenters. The average molecular weight is 650 g/mol. The molecule has 0 aliphatic carbocycles. The highest BCUT2D eigenvalue weighted by Crippen LogP contribution is 2.40. The Bertz CT molecular complexity index is 1610. The van der Waals surface area contributed by atoms with Crippen LogP contribution in [0.15, 0.2) is 34.8 Å². The molecule has 0 saturated carbocycles. The average Bonchev–Trinajstić information content (AvgIpc) is 3.67. The van der Waals surface area contributed by atoms with Gasteiger partial charge in [0.15, 0.2) is 0 Å². The molecule has 10 nitrogen and oxygen atoms in total. The van der Waals surface area contributed by atoms with Gasteiger partial charge in [0.1, 0.15) is 41.0 Å². The van der Waals surface area contributed by atoms with Crippen LogP contribution in [-0.2, 0) is 26.3 Å². The number of nitrogens with zero attached hydrogens (tertiary/aromatic N) is 5. The molecule has 4 heterocycles. The first kappa shape index (κ1) is 30.2. The number of piperidine rings is 1. The van der Waals surface area contributed by atoms with Crippen LogP contribution in [0.2, 0.25) is 5.02 Å². The maximum absolute atomic E-state index is 13.5. The van der Waals surface area contributed by atoms with Crippen LogP contribution < -0.4 is 4.18 Å². The minimum Gasteiger partial charge on any atom is -0.394 e. The normalized spacial score (nSPS) is 19.3. The third kappa shape index (κ3) is 6.39. The quantitative estimate of drug-likeness (QED) is 0.223. The van der Waals surface area contributed by atoms with Gasteiger partial charge in [-0.2, -0.15) is 13.5 Å². The van der Waals surface area contributed by atoms with Crippen molar-refractivity contribution < 1.29 is 39.8 Å². The van der Waals surface area contributed by atoms with E-state index in [1.165, 1.54) is 22.3 Å². The van der Waals surface area contributed by atoms with E-state index in [2.05, 4.69) is 10.3 Å². The molecule has 1 amide bonds. The molecule has 1 saturated heterocycles. The summed E-state index contributed by atoms with van der Waals surface area (Å²) in [5, 5.41) is 10.2. The van der Waals surface area contributed by atoms with Crippen molar-refractivity contribution in [3.05, 3.63) is 62.3 Å². The number of halogens is 5. The smallest absolute Gasteiger partial charge is 0.306 e. The molecule has 2 atom stereocenters. The number of amides is 1. The summed E-state index contributed by atoms with van der Waals surface area (Å²) in [4.78, 5) is 24.8. The Hall–Kier alpha value is -3.24. The fourth-order valence-corrected chi connectivity index (χ4v) is 6.71. The van der Waals surface area contributed by atoms with Gasteiger partial charge in [0.2, 0.25) is 5.91 Å². The van der Waals surface area contributed by atoms with Crippen molar-refractivity contribution in [2.24, 2.45) is 5.16 Å². The summed E-state index contributed by atoms with van der Waals surface area (Å²) < 4.78 is 82.6. The monoisotopic (exact) mass is 649 g/mol. The largest absolute Gasteiger partial charge is 0.394 e. The van der Waals surface area contributed by atoms with Gasteiger partial charge in [-0.1, -0.05) is 22.8 Å². The van der Waals surface area contributed by atoms with Crippen molar-refractivity contribution in [3.8, 4) is 5.75 Å². The standard InChI is InChI=1S/C25H24ClF4N5O5S2/c1-42(37,38)40-19-7-4-5-14(26)21(19)13-11-39-33-22(13)16-12-41-25(31-16)17-6-2-3-8-34(17)20(36)10-35-18(24(29)30)9-15(32-35)23(27)28/h4-5,7,9,12-13,17,23-24H,2-3,6,8,10-11H2,1H3. The Balaban J connectivity index is 1.39. The second kappa shape index (κ2) is 12.2. The van der Waals surface area contributed by atoms with Crippen molar-refractivity contribution in [2.75, 3.05) is 19.4 Å². The third-order valence-electron chi connectivity index (χ3n) is 6.79. The van der Waals surface area contributed by atoms with E-state index >= 15 is 0 Å². The van der Waals surface area contributed by atoms with Gasteiger partial charge in [0, 0.05) is 22.5 Å². The van der Waals surface area contributed by atoms with Gasteiger partial charge in [0.05, 0.1) is 23.9 Å². The summed E-state index contributed by atoms with van der Waals surface area (Å²) in [6.07, 6.45) is -3.23. The molecular weight excluding hydrogens is 626 g/mol. The molecule has 2 aliphatic rings. The lowest BCUT2D eigenvalue weighted by Crippen LogP contribution is -2.40. The molecule has 2 aromatic heterocycles. The van der Waals surface area contributed by atoms with Gasteiger partial charge in [-0.25, -0.2) is 22.5 Å². The molecule has 0 spiro atoms. The third-order valence-corrected chi connectivity index (χ3v) is 8.55. The number of thiazole rings is 1. The number of carbonyl (C=O) groups is 1. The molecule has 1 aromatic carbocycles. The van der Waals surface area contributed by atoms with Gasteiger partial charge in [0.25, 0.3) is 12.9 Å². The van der Waals surface area contributed by atoms with Crippen LogP contribution in [0.4, 0.5) is 17.6 Å². The van der Waals surface area contributed by atoms with E-state index in [1.807, 2.05) is 0 Å². The van der Waals surface area contributed by atoms with Gasteiger partial charge < -0.3 is 13.9 Å². The van der Waals surface area contributed by atoms with Crippen LogP contribution in [0.5, 0.6) is 5.75 Å². The van der Waals surface area contributed by atoms with Crippen LogP contribution in [0.1, 0.15) is 71.7 Å². The second-order valence-electron chi connectivity index (χ2n) is 9.69. The molecule has 3 aromatic rings. The number of aromatic nitrogens is 3. The number of hydrogen-bond donors (Lipinski definition) is 0. The van der Waals surface area contributed by atoms with E-state index in [0.717, 1.165) is 12.7 Å². The lowest BCUT2D eigenvalue weighted by Gasteiger charge is -2.34. The molecule has 2 aliphatic heterocycles. The van der Waals surface area contributed by atoms with Crippen molar-refractivity contribution >= 4 is 44.7 Å². The van der Waals surface area contributed by atoms with Crippen molar-refractivity contribution in [2.45, 2.75) is 50.6 Å². The summed E-state index contributed by atoms with van der Waals surface area (Å²) >= 11 is 7.70. The van der Waals surface area contributed by atoms with Crippen LogP contribution in [0, 0.1) is 0 Å². The molecule has 0 radical (unpaired) electrons. The number of rotatable bonds is 9. The molecular formula is C25H24ClF4N5O5S2. The molecule has 5 rings (SSSR count). The summed E-state index contributed by atoms with van der Waals surface area (Å²) in [5.74, 6) is -1.13. The predicted octanol–water partition coefficient (Wildman–Crippen LogP) is 5.48. The Morgan fingerprint density at radius 2 is 2.02 bits per heavy atom. The molecule has 226 valence electrons. The van der Waals surface area contributed by atoms with E-state index in [-0.39, 0.29) is 17.4 Å². The Labute approximate surface area is 247 Å². The fourth-order valence-electron chi connectivity index (χ4n) is 4.99. The summed E-state index contributed by atoms with van der Waals surface area (Å²) in [6.45, 7) is -0.250. The van der Waals surface area contributed by atoms with Crippen LogP contribution >= 0.6 is 22.9 Å². The zero-order chi connectivity index (χ0) is 30.2. The minimum absolute atomic E-state index is 0.0319. The number of alkyl halides is 4. The Morgan fingerprint density at radius 1 is 1.24 bits per heavy atom. The number of oxime groups is 1. The topological polar surface area (TPSA) is 116 Å². The highest BCUT2D eigenvalue weighted by Gasteiger charge is 2.36. The van der Waals surface area contributed by atoms with E-state index < -0.39 is 58.8 Å². The summed E-state index contributed by atoms with van der Waals surface area (Å²) in [6, 6.07) is 4.73. The molecule has 0 N–H and O–H groups in total. The van der Waals surface area contributed by atoms with E-state index in [1.54, 1.807) is 17.5 Å². The highest BCUT2D eigenvalue weighted by atomic mass is 35.5. The molecule has 0 bridgehead atoms. The first-order chi connectivity index (χ1) is 19.9. The van der Waals surface area contributed by atoms with Gasteiger partial charge in [-0.05, 0) is 37.5 Å². The zero-order valence-electron chi connectivity index (χ0n) is 21.9. The lowest BCUT2D eigenvalue weighted by molar-refractivity contribution is -0.136. The van der Waals surface area contributed by atoms with E-state index in [9.17, 15) is 30.8 Å². The zero-order valence-corrected chi connectivity index (χ0v) is 24.3. The van der Waals surface area contributed by atoms with Gasteiger partial charge in [-0.3, -0.25) is 9.48 Å². The number of likely N-dealkylation sites (tertiary alicyclic amines) is 1. The van der Waals surface area contributed by atoms with Crippen molar-refractivity contribution in [1.82, 2.24) is 19.7 Å². The van der Waals surface area contributed by atoms with E-state index in [4.69, 9.17) is 25.6 Å². The SMILES string of the molecule is CS(=O)(=O)Oc1cccc(Cl)c1C1CON=C1c1csc(C2CCCCN2C(=O)Cn2nc(C(F)F)cc2C(F)F)n1. The van der Waals surface area contributed by atoms with E-state index in [0.29, 0.717) is 52.1 Å². The van der Waals surface area contributed by atoms with Gasteiger partial charge >= 0.3 is 10.1 Å². The summed E-state index contributed by atoms with van der Waals surface area (Å²) in [5.41, 5.74) is -0.407. The maximum atomic E-state index is 13.5. The first-order valence-electron chi connectivity index (χ1n) is 12.7. The number of carbonyl (C=O) groups excluding carboxylic acids is 1. The van der Waals surface area contributed by atoms with Crippen LogP contribution in [0.3, 0.4) is 0 Å². The summed E-state index contributed by atoms with van der Waals surface area (Å²) in [7, 11) is -3.86. The Kier molecular flexibility index (Phi) is 8.76. The number of benzene rings is 1. The molecule has 42 heavy (non-hydrogen) atoms. The number of hydrogen-bond acceptors (Lipinski definition) is 9. The lowest BCUT2D eigenvalue weighted by atomic mass is 9.93. The highest BCUT2D eigenvalue weighted by molar-refractivity contribution is 7.86. The van der Waals surface area contributed by atoms with Crippen molar-refractivity contribution in [3.63, 3.8) is 0 Å². The fraction of sp³-hybridized carbons (Fsp3) is 0.440. The predicted molar refractivity (Wildman–Crippen MR) is 145 cm³/mol. The minimum atomic E-state index is -3.86. The maximum Gasteiger partial charge on any atom is 0.306 e. The van der Waals surface area contributed by atoms with Crippen LogP contribution in [-0.4, -0.2) is 59.1 Å².